The molecule has 3 aromatic rings. The number of rotatable bonds is 5. The Morgan fingerprint density at radius 2 is 1.18 bits per heavy atom. The van der Waals surface area contributed by atoms with E-state index in [1.165, 1.54) is 24.3 Å². The maximum atomic E-state index is 11.8. The van der Waals surface area contributed by atoms with Crippen molar-refractivity contribution in [2.45, 2.75) is 0 Å². The van der Waals surface area contributed by atoms with Crippen LogP contribution in [-0.2, 0) is 4.79 Å². The van der Waals surface area contributed by atoms with Gasteiger partial charge in [0.2, 0.25) is 0 Å². The number of carboxylic acids is 1. The minimum absolute atomic E-state index is 0.0752. The lowest BCUT2D eigenvalue weighted by Crippen LogP contribution is -2.03. The fourth-order valence-electron chi connectivity index (χ4n) is 2.17. The molecule has 0 saturated carbocycles. The smallest absolute Gasteiger partial charge is 0.335 e. The molecule has 140 valence electrons. The number of carboxylic acid groups (broad SMARTS) is 1. The average Bonchev–Trinajstić information content (AvgIpc) is 2.75. The van der Waals surface area contributed by atoms with Crippen molar-refractivity contribution in [1.82, 2.24) is 0 Å². The fraction of sp³-hybridized carbons (Fsp3) is 0. The van der Waals surface area contributed by atoms with E-state index in [2.05, 4.69) is 6.58 Å². The van der Waals surface area contributed by atoms with Crippen molar-refractivity contribution >= 4 is 17.7 Å². The number of hydrogen-bond donors (Lipinski definition) is 1. The summed E-state index contributed by atoms with van der Waals surface area (Å²) in [5.74, 6) is -1.23. The van der Waals surface area contributed by atoms with Gasteiger partial charge < -0.3 is 9.84 Å². The molecule has 0 atom stereocenters. The standard InChI is InChI=1S/C13H10O.C10H8O4/c14-13(11-7-3-1-4-8-11)12-9-5-2-6-10-12;1-2-9(11)14-8-5-3-7(4-6-8)10(12)13/h1-10H;2-6H,1H2,(H,12,13). The zero-order valence-corrected chi connectivity index (χ0v) is 14.9. The lowest BCUT2D eigenvalue weighted by Gasteiger charge is -2.00. The highest BCUT2D eigenvalue weighted by molar-refractivity contribution is 6.08. The molecule has 0 radical (unpaired) electrons. The molecule has 5 nitrogen and oxygen atoms in total. The van der Waals surface area contributed by atoms with Crippen LogP contribution in [-0.4, -0.2) is 22.8 Å². The van der Waals surface area contributed by atoms with Gasteiger partial charge in [-0.3, -0.25) is 4.79 Å². The molecule has 0 heterocycles. The topological polar surface area (TPSA) is 80.7 Å². The van der Waals surface area contributed by atoms with E-state index in [4.69, 9.17) is 9.84 Å². The van der Waals surface area contributed by atoms with Gasteiger partial charge in [-0.1, -0.05) is 67.2 Å². The number of benzene rings is 3. The van der Waals surface area contributed by atoms with E-state index in [1.54, 1.807) is 0 Å². The predicted octanol–water partition coefficient (Wildman–Crippen LogP) is 4.39. The van der Waals surface area contributed by atoms with Crippen LogP contribution in [0.25, 0.3) is 0 Å². The van der Waals surface area contributed by atoms with Crippen LogP contribution in [0.1, 0.15) is 26.3 Å². The molecule has 28 heavy (non-hydrogen) atoms. The number of carbonyl (C=O) groups excluding carboxylic acids is 2. The second-order valence-electron chi connectivity index (χ2n) is 5.52. The minimum Gasteiger partial charge on any atom is -0.478 e. The number of ketones is 1. The Bertz CT molecular complexity index is 904. The molecule has 3 rings (SSSR count). The van der Waals surface area contributed by atoms with Crippen LogP contribution in [0, 0.1) is 0 Å². The van der Waals surface area contributed by atoms with Crippen molar-refractivity contribution < 1.29 is 24.2 Å². The predicted molar refractivity (Wildman–Crippen MR) is 106 cm³/mol. The maximum absolute atomic E-state index is 11.8. The first-order valence-corrected chi connectivity index (χ1v) is 8.33. The Labute approximate surface area is 162 Å². The zero-order valence-electron chi connectivity index (χ0n) is 14.9. The largest absolute Gasteiger partial charge is 0.478 e. The van der Waals surface area contributed by atoms with Crippen molar-refractivity contribution in [3.05, 3.63) is 114 Å². The van der Waals surface area contributed by atoms with Crippen LogP contribution < -0.4 is 4.74 Å². The first-order chi connectivity index (χ1) is 13.5. The molecule has 0 unspecified atom stereocenters. The molecule has 0 amide bonds. The lowest BCUT2D eigenvalue weighted by atomic mass is 10.0. The molecule has 0 spiro atoms. The molecule has 0 fully saturated rings. The summed E-state index contributed by atoms with van der Waals surface area (Å²) in [5.41, 5.74) is 1.61. The first kappa shape index (κ1) is 20.3. The number of ether oxygens (including phenoxy) is 1. The second-order valence-corrected chi connectivity index (χ2v) is 5.52. The van der Waals surface area contributed by atoms with Gasteiger partial charge in [0.25, 0.3) is 0 Å². The van der Waals surface area contributed by atoms with E-state index in [-0.39, 0.29) is 11.3 Å². The first-order valence-electron chi connectivity index (χ1n) is 8.33. The van der Waals surface area contributed by atoms with Crippen LogP contribution in [0.5, 0.6) is 5.75 Å². The molecular weight excluding hydrogens is 356 g/mol. The van der Waals surface area contributed by atoms with Gasteiger partial charge in [0.05, 0.1) is 5.56 Å². The summed E-state index contributed by atoms with van der Waals surface area (Å²) >= 11 is 0. The van der Waals surface area contributed by atoms with Gasteiger partial charge in [-0.25, -0.2) is 9.59 Å². The van der Waals surface area contributed by atoms with E-state index in [0.29, 0.717) is 5.75 Å². The number of aromatic carboxylic acids is 1. The van der Waals surface area contributed by atoms with Crippen LogP contribution in [0.4, 0.5) is 0 Å². The Morgan fingerprint density at radius 1 is 0.714 bits per heavy atom. The van der Waals surface area contributed by atoms with Crippen LogP contribution in [0.2, 0.25) is 0 Å². The highest BCUT2D eigenvalue weighted by atomic mass is 16.5. The highest BCUT2D eigenvalue weighted by Gasteiger charge is 2.06. The summed E-state index contributed by atoms with van der Waals surface area (Å²) in [6.45, 7) is 3.23. The Kier molecular flexibility index (Phi) is 7.43. The molecule has 0 aliphatic rings. The summed E-state index contributed by atoms with van der Waals surface area (Å²) in [7, 11) is 0. The molecule has 0 saturated heterocycles. The molecular formula is C23H18O5. The minimum atomic E-state index is -1.02. The van der Waals surface area contributed by atoms with Crippen molar-refractivity contribution in [2.24, 2.45) is 0 Å². The Morgan fingerprint density at radius 3 is 1.57 bits per heavy atom. The zero-order chi connectivity index (χ0) is 20.4. The van der Waals surface area contributed by atoms with Gasteiger partial charge in [-0.05, 0) is 24.3 Å². The van der Waals surface area contributed by atoms with Crippen molar-refractivity contribution in [1.29, 1.82) is 0 Å². The third kappa shape index (κ3) is 6.07. The van der Waals surface area contributed by atoms with Gasteiger partial charge in [0.1, 0.15) is 5.75 Å². The molecule has 0 bridgehead atoms. The van der Waals surface area contributed by atoms with E-state index in [1.807, 2.05) is 60.7 Å². The van der Waals surface area contributed by atoms with Crippen molar-refractivity contribution in [3.63, 3.8) is 0 Å². The van der Waals surface area contributed by atoms with Crippen LogP contribution >= 0.6 is 0 Å². The summed E-state index contributed by atoms with van der Waals surface area (Å²) < 4.78 is 4.75. The number of hydrogen-bond acceptors (Lipinski definition) is 4. The third-order valence-corrected chi connectivity index (χ3v) is 3.56. The van der Waals surface area contributed by atoms with E-state index in [9.17, 15) is 14.4 Å². The highest BCUT2D eigenvalue weighted by Crippen LogP contribution is 2.12. The van der Waals surface area contributed by atoms with Crippen molar-refractivity contribution in [2.75, 3.05) is 0 Å². The van der Waals surface area contributed by atoms with Gasteiger partial charge in [0.15, 0.2) is 5.78 Å². The average molecular weight is 374 g/mol. The third-order valence-electron chi connectivity index (χ3n) is 3.56. The lowest BCUT2D eigenvalue weighted by molar-refractivity contribution is -0.128. The summed E-state index contributed by atoms with van der Waals surface area (Å²) in [5, 5.41) is 8.58. The Hall–Kier alpha value is -3.99. The second kappa shape index (κ2) is 10.2. The SMILES string of the molecule is C=CC(=O)Oc1ccc(C(=O)O)cc1.O=C(c1ccccc1)c1ccccc1. The Balaban J connectivity index is 0.000000200. The summed E-state index contributed by atoms with van der Waals surface area (Å²) in [4.78, 5) is 33.1. The monoisotopic (exact) mass is 374 g/mol. The number of carbonyl (C=O) groups is 3. The van der Waals surface area contributed by atoms with Gasteiger partial charge in [-0.2, -0.15) is 0 Å². The van der Waals surface area contributed by atoms with Gasteiger partial charge >= 0.3 is 11.9 Å². The van der Waals surface area contributed by atoms with Gasteiger partial charge in [-0.15, -0.1) is 0 Å². The molecule has 0 aliphatic heterocycles. The quantitative estimate of drug-likeness (QED) is 0.310. The van der Waals surface area contributed by atoms with Crippen LogP contribution in [0.3, 0.4) is 0 Å². The van der Waals surface area contributed by atoms with E-state index < -0.39 is 11.9 Å². The fourth-order valence-corrected chi connectivity index (χ4v) is 2.17. The molecule has 3 aromatic carbocycles. The molecule has 5 heteroatoms. The normalized spacial score (nSPS) is 9.43. The van der Waals surface area contributed by atoms with Crippen molar-refractivity contribution in [3.8, 4) is 5.75 Å². The maximum Gasteiger partial charge on any atom is 0.335 e. The van der Waals surface area contributed by atoms with Gasteiger partial charge in [0, 0.05) is 17.2 Å². The van der Waals surface area contributed by atoms with E-state index in [0.717, 1.165) is 17.2 Å². The summed E-state index contributed by atoms with van der Waals surface area (Å²) in [6, 6.07) is 24.1. The van der Waals surface area contributed by atoms with E-state index >= 15 is 0 Å². The molecule has 1 N–H and O–H groups in total. The summed E-state index contributed by atoms with van der Waals surface area (Å²) in [6.07, 6.45) is 1.03. The molecule has 0 aromatic heterocycles. The number of esters is 1. The molecule has 0 aliphatic carbocycles. The van der Waals surface area contributed by atoms with Crippen LogP contribution in [0.15, 0.2) is 97.6 Å².